The molecule has 0 amide bonds. The van der Waals surface area contributed by atoms with E-state index in [1.807, 2.05) is 0 Å². The predicted octanol–water partition coefficient (Wildman–Crippen LogP) is 1.52. The Bertz CT molecular complexity index is 284. The quantitative estimate of drug-likeness (QED) is 0.405. The zero-order valence-corrected chi connectivity index (χ0v) is 15.6. The molecule has 1 atom stereocenters. The molecule has 1 unspecified atom stereocenters. The Hall–Kier alpha value is -0.0800. The van der Waals surface area contributed by atoms with Gasteiger partial charge in [0.1, 0.15) is 0 Å². The second kappa shape index (κ2) is 10.6. The second-order valence-electron chi connectivity index (χ2n) is 6.15. The van der Waals surface area contributed by atoms with Crippen LogP contribution in [0.3, 0.4) is 0 Å². The van der Waals surface area contributed by atoms with Gasteiger partial charge in [-0.05, 0) is 11.8 Å². The average molecular weight is 398 g/mol. The van der Waals surface area contributed by atoms with E-state index in [1.165, 1.54) is 0 Å². The molecule has 0 spiro atoms. The van der Waals surface area contributed by atoms with Crippen LogP contribution >= 0.6 is 24.0 Å². The fourth-order valence-corrected chi connectivity index (χ4v) is 2.14. The number of nitrogens with one attached hydrogen (secondary N) is 1. The lowest BCUT2D eigenvalue weighted by atomic mass is 10.2. The Labute approximate surface area is 140 Å². The van der Waals surface area contributed by atoms with Crippen molar-refractivity contribution in [2.45, 2.75) is 33.8 Å². The normalized spacial score (nSPS) is 21.1. The van der Waals surface area contributed by atoms with Crippen molar-refractivity contribution in [1.82, 2.24) is 10.2 Å². The molecular weight excluding hydrogens is 367 g/mol. The summed E-state index contributed by atoms with van der Waals surface area (Å²) in [6.45, 7) is 14.2. The molecule has 0 saturated carbocycles. The molecule has 0 aromatic rings. The number of nitrogens with two attached hydrogens (primary N) is 1. The van der Waals surface area contributed by atoms with Crippen molar-refractivity contribution >= 4 is 29.9 Å². The molecule has 1 fully saturated rings. The third kappa shape index (κ3) is 8.97. The summed E-state index contributed by atoms with van der Waals surface area (Å²) in [7, 11) is 0. The lowest BCUT2D eigenvalue weighted by Crippen LogP contribution is -2.49. The molecule has 5 nitrogen and oxygen atoms in total. The summed E-state index contributed by atoms with van der Waals surface area (Å²) >= 11 is 0. The molecule has 1 heterocycles. The molecule has 3 N–H and O–H groups in total. The number of morpholine rings is 1. The van der Waals surface area contributed by atoms with Crippen LogP contribution in [0.4, 0.5) is 0 Å². The van der Waals surface area contributed by atoms with Gasteiger partial charge in [0.2, 0.25) is 0 Å². The summed E-state index contributed by atoms with van der Waals surface area (Å²) in [5.74, 6) is 1.76. The van der Waals surface area contributed by atoms with Gasteiger partial charge in [-0.2, -0.15) is 0 Å². The number of nitrogens with zero attached hydrogens (tertiary/aromatic N) is 2. The molecular formula is C14H31IN4O. The Balaban J connectivity index is 0.00000361. The number of halogens is 1. The second-order valence-corrected chi connectivity index (χ2v) is 6.15. The molecule has 1 saturated heterocycles. The summed E-state index contributed by atoms with van der Waals surface area (Å²) in [5, 5.41) is 3.16. The van der Waals surface area contributed by atoms with Gasteiger partial charge in [0.15, 0.2) is 5.96 Å². The number of guanidine groups is 1. The van der Waals surface area contributed by atoms with Crippen LogP contribution in [0.2, 0.25) is 0 Å². The minimum absolute atomic E-state index is 0. The number of aliphatic imine (C=N–C) groups is 1. The van der Waals surface area contributed by atoms with E-state index in [-0.39, 0.29) is 30.1 Å². The molecule has 1 aliphatic heterocycles. The number of rotatable bonds is 6. The van der Waals surface area contributed by atoms with Gasteiger partial charge in [-0.15, -0.1) is 24.0 Å². The SMILES string of the molecule is CC(C)CN=C(N)NCC1CN(CC(C)C)CCO1.I. The monoisotopic (exact) mass is 398 g/mol. The molecule has 0 aromatic carbocycles. The van der Waals surface area contributed by atoms with Crippen LogP contribution in [0.25, 0.3) is 0 Å². The highest BCUT2D eigenvalue weighted by Gasteiger charge is 2.20. The van der Waals surface area contributed by atoms with E-state index >= 15 is 0 Å². The maximum atomic E-state index is 5.82. The Morgan fingerprint density at radius 3 is 2.65 bits per heavy atom. The van der Waals surface area contributed by atoms with Crippen LogP contribution in [0.1, 0.15) is 27.7 Å². The molecule has 1 aliphatic rings. The van der Waals surface area contributed by atoms with Crippen LogP contribution in [0, 0.1) is 11.8 Å². The van der Waals surface area contributed by atoms with Gasteiger partial charge in [0.25, 0.3) is 0 Å². The maximum absolute atomic E-state index is 5.82. The minimum Gasteiger partial charge on any atom is -0.374 e. The van der Waals surface area contributed by atoms with Crippen molar-refractivity contribution in [3.63, 3.8) is 0 Å². The average Bonchev–Trinajstić information content (AvgIpc) is 2.33. The number of hydrogen-bond donors (Lipinski definition) is 2. The van der Waals surface area contributed by atoms with Gasteiger partial charge >= 0.3 is 0 Å². The summed E-state index contributed by atoms with van der Waals surface area (Å²) in [6, 6.07) is 0. The van der Waals surface area contributed by atoms with Gasteiger partial charge in [-0.25, -0.2) is 0 Å². The maximum Gasteiger partial charge on any atom is 0.188 e. The van der Waals surface area contributed by atoms with Crippen LogP contribution in [-0.2, 0) is 4.74 Å². The van der Waals surface area contributed by atoms with Crippen molar-refractivity contribution in [1.29, 1.82) is 0 Å². The largest absolute Gasteiger partial charge is 0.374 e. The van der Waals surface area contributed by atoms with E-state index in [0.717, 1.165) is 39.3 Å². The van der Waals surface area contributed by atoms with Crippen LogP contribution < -0.4 is 11.1 Å². The molecule has 0 bridgehead atoms. The van der Waals surface area contributed by atoms with Crippen molar-refractivity contribution in [3.05, 3.63) is 0 Å². The molecule has 0 aromatic heterocycles. The molecule has 20 heavy (non-hydrogen) atoms. The van der Waals surface area contributed by atoms with E-state index in [1.54, 1.807) is 0 Å². The first kappa shape index (κ1) is 19.9. The van der Waals surface area contributed by atoms with E-state index in [4.69, 9.17) is 10.5 Å². The summed E-state index contributed by atoms with van der Waals surface area (Å²) in [5.41, 5.74) is 5.82. The van der Waals surface area contributed by atoms with Crippen molar-refractivity contribution in [3.8, 4) is 0 Å². The Morgan fingerprint density at radius 1 is 1.35 bits per heavy atom. The zero-order chi connectivity index (χ0) is 14.3. The zero-order valence-electron chi connectivity index (χ0n) is 13.3. The van der Waals surface area contributed by atoms with E-state index < -0.39 is 0 Å². The van der Waals surface area contributed by atoms with Gasteiger partial charge in [-0.1, -0.05) is 27.7 Å². The highest BCUT2D eigenvalue weighted by molar-refractivity contribution is 14.0. The van der Waals surface area contributed by atoms with E-state index in [0.29, 0.717) is 17.8 Å². The third-order valence-electron chi connectivity index (χ3n) is 2.98. The third-order valence-corrected chi connectivity index (χ3v) is 2.98. The van der Waals surface area contributed by atoms with Gasteiger partial charge in [0.05, 0.1) is 12.7 Å². The van der Waals surface area contributed by atoms with Gasteiger partial charge in [-0.3, -0.25) is 9.89 Å². The Morgan fingerprint density at radius 2 is 2.05 bits per heavy atom. The highest BCUT2D eigenvalue weighted by Crippen LogP contribution is 2.07. The highest BCUT2D eigenvalue weighted by atomic mass is 127. The van der Waals surface area contributed by atoms with Crippen LogP contribution in [-0.4, -0.2) is 56.3 Å². The minimum atomic E-state index is 0. The van der Waals surface area contributed by atoms with Crippen molar-refractivity contribution < 1.29 is 4.74 Å². The van der Waals surface area contributed by atoms with Crippen molar-refractivity contribution in [2.75, 3.05) is 39.3 Å². The Kier molecular flexibility index (Phi) is 10.6. The number of ether oxygens (including phenoxy) is 1. The summed E-state index contributed by atoms with van der Waals surface area (Å²) in [6.07, 6.45) is 0.209. The van der Waals surface area contributed by atoms with E-state index in [9.17, 15) is 0 Å². The molecule has 0 aliphatic carbocycles. The molecule has 6 heteroatoms. The lowest BCUT2D eigenvalue weighted by Gasteiger charge is -2.34. The molecule has 0 radical (unpaired) electrons. The number of hydrogen-bond acceptors (Lipinski definition) is 3. The smallest absolute Gasteiger partial charge is 0.188 e. The standard InChI is InChI=1S/C14H30N4O.HI/c1-11(2)7-16-14(15)17-8-13-10-18(5-6-19-13)9-12(3)4;/h11-13H,5-10H2,1-4H3,(H3,15,16,17);1H. The van der Waals surface area contributed by atoms with Crippen LogP contribution in [0.5, 0.6) is 0 Å². The fraction of sp³-hybridized carbons (Fsp3) is 0.929. The van der Waals surface area contributed by atoms with Crippen LogP contribution in [0.15, 0.2) is 4.99 Å². The molecule has 120 valence electrons. The topological polar surface area (TPSA) is 62.9 Å². The fourth-order valence-electron chi connectivity index (χ4n) is 2.14. The summed E-state index contributed by atoms with van der Waals surface area (Å²) < 4.78 is 5.75. The lowest BCUT2D eigenvalue weighted by molar-refractivity contribution is -0.0284. The van der Waals surface area contributed by atoms with Crippen molar-refractivity contribution in [2.24, 2.45) is 22.6 Å². The molecule has 1 rings (SSSR count). The predicted molar refractivity (Wildman–Crippen MR) is 95.8 cm³/mol. The first-order valence-electron chi connectivity index (χ1n) is 7.35. The first-order valence-corrected chi connectivity index (χ1v) is 7.35. The summed E-state index contributed by atoms with van der Waals surface area (Å²) in [4.78, 5) is 6.75. The van der Waals surface area contributed by atoms with Gasteiger partial charge in [0, 0.05) is 32.7 Å². The van der Waals surface area contributed by atoms with Gasteiger partial charge < -0.3 is 15.8 Å². The van der Waals surface area contributed by atoms with E-state index in [2.05, 4.69) is 42.9 Å². The first-order chi connectivity index (χ1) is 8.97.